The van der Waals surface area contributed by atoms with Gasteiger partial charge in [-0.15, -0.1) is 0 Å². The smallest absolute Gasteiger partial charge is 0.354 e. The van der Waals surface area contributed by atoms with E-state index in [-0.39, 0.29) is 18.1 Å². The zero-order valence-corrected chi connectivity index (χ0v) is 17.6. The highest BCUT2D eigenvalue weighted by molar-refractivity contribution is 5.75. The van der Waals surface area contributed by atoms with Crippen molar-refractivity contribution in [2.75, 3.05) is 49.1 Å². The molecule has 0 bridgehead atoms. The van der Waals surface area contributed by atoms with Gasteiger partial charge in [0.1, 0.15) is 12.1 Å². The van der Waals surface area contributed by atoms with Crippen molar-refractivity contribution in [3.05, 3.63) is 76.7 Å². The molecule has 0 spiro atoms. The summed E-state index contributed by atoms with van der Waals surface area (Å²) in [6.07, 6.45) is 3.03. The van der Waals surface area contributed by atoms with Gasteiger partial charge in [0.05, 0.1) is 18.1 Å². The molecule has 1 N–H and O–H groups in total. The van der Waals surface area contributed by atoms with Crippen LogP contribution in [-0.2, 0) is 6.54 Å². The first kappa shape index (κ1) is 21.6. The number of aliphatic hydroxyl groups excluding tert-OH is 1. The predicted octanol–water partition coefficient (Wildman–Crippen LogP) is 2.23. The summed E-state index contributed by atoms with van der Waals surface area (Å²) < 4.78 is 0. The maximum absolute atomic E-state index is 12.2. The summed E-state index contributed by atoms with van der Waals surface area (Å²) in [4.78, 5) is 30.7. The van der Waals surface area contributed by atoms with E-state index in [0.717, 1.165) is 5.56 Å². The fraction of sp³-hybridized carbons (Fsp3) is 0.318. The Kier molecular flexibility index (Phi) is 6.83. The first-order valence-corrected chi connectivity index (χ1v) is 10.5. The van der Waals surface area contributed by atoms with Gasteiger partial charge in [0, 0.05) is 38.9 Å². The molecule has 10 nitrogen and oxygen atoms in total. The van der Waals surface area contributed by atoms with Gasteiger partial charge in [-0.1, -0.05) is 36.4 Å². The Balaban J connectivity index is 1.73. The van der Waals surface area contributed by atoms with E-state index in [4.69, 9.17) is 5.11 Å². The SMILES string of the molecule is O=[N+]([O-])c1c(N2CCN(CCO)CC2)ncnc1N(Cc1ccccc1)c1ccccn1. The Morgan fingerprint density at radius 1 is 1.00 bits per heavy atom. The number of hydrogen-bond acceptors (Lipinski definition) is 9. The predicted molar refractivity (Wildman–Crippen MR) is 121 cm³/mol. The Morgan fingerprint density at radius 3 is 2.41 bits per heavy atom. The summed E-state index contributed by atoms with van der Waals surface area (Å²) in [7, 11) is 0. The highest BCUT2D eigenvalue weighted by Crippen LogP contribution is 2.38. The standard InChI is InChI=1S/C22H25N7O3/c30-15-14-26-10-12-27(13-11-26)21-20(29(31)32)22(25-17-24-21)28(19-8-4-5-9-23-19)16-18-6-2-1-3-7-18/h1-9,17,30H,10-16H2. The van der Waals surface area contributed by atoms with Crippen LogP contribution in [0.4, 0.5) is 23.1 Å². The van der Waals surface area contributed by atoms with E-state index in [0.29, 0.717) is 50.9 Å². The normalized spacial score (nSPS) is 14.3. The summed E-state index contributed by atoms with van der Waals surface area (Å²) >= 11 is 0. The fourth-order valence-corrected chi connectivity index (χ4v) is 3.82. The molecule has 166 valence electrons. The molecule has 1 fully saturated rings. The number of nitro groups is 1. The lowest BCUT2D eigenvalue weighted by molar-refractivity contribution is -0.383. The maximum atomic E-state index is 12.2. The molecule has 3 aromatic rings. The van der Waals surface area contributed by atoms with Crippen molar-refractivity contribution in [1.82, 2.24) is 19.9 Å². The summed E-state index contributed by atoms with van der Waals surface area (Å²) in [6.45, 7) is 3.63. The first-order chi connectivity index (χ1) is 15.7. The van der Waals surface area contributed by atoms with Gasteiger partial charge < -0.3 is 14.9 Å². The molecule has 10 heteroatoms. The summed E-state index contributed by atoms with van der Waals surface area (Å²) in [5.41, 5.74) is 0.843. The highest BCUT2D eigenvalue weighted by Gasteiger charge is 2.32. The largest absolute Gasteiger partial charge is 0.395 e. The Labute approximate surface area is 185 Å². The second kappa shape index (κ2) is 10.1. The third-order valence-corrected chi connectivity index (χ3v) is 5.42. The van der Waals surface area contributed by atoms with Crippen LogP contribution in [0.15, 0.2) is 61.1 Å². The van der Waals surface area contributed by atoms with Gasteiger partial charge in [0.25, 0.3) is 0 Å². The van der Waals surface area contributed by atoms with Gasteiger partial charge >= 0.3 is 5.69 Å². The lowest BCUT2D eigenvalue weighted by Crippen LogP contribution is -2.47. The van der Waals surface area contributed by atoms with Gasteiger partial charge in [-0.2, -0.15) is 0 Å². The summed E-state index contributed by atoms with van der Waals surface area (Å²) in [5.74, 6) is 1.08. The second-order valence-corrected chi connectivity index (χ2v) is 7.44. The van der Waals surface area contributed by atoms with Gasteiger partial charge in [0.2, 0.25) is 11.6 Å². The van der Waals surface area contributed by atoms with Crippen LogP contribution in [0, 0.1) is 10.1 Å². The van der Waals surface area contributed by atoms with E-state index in [1.807, 2.05) is 47.4 Å². The number of nitrogens with zero attached hydrogens (tertiary/aromatic N) is 7. The average Bonchev–Trinajstić information content (AvgIpc) is 2.84. The highest BCUT2D eigenvalue weighted by atomic mass is 16.6. The van der Waals surface area contributed by atoms with E-state index in [2.05, 4.69) is 19.9 Å². The molecule has 0 aliphatic carbocycles. The molecule has 3 heterocycles. The molecule has 0 amide bonds. The number of piperazine rings is 1. The average molecular weight is 435 g/mol. The number of β-amino-alcohol motifs (C(OH)–C–C–N with tert-alkyl or cyclic N) is 1. The number of pyridine rings is 1. The van der Waals surface area contributed by atoms with Gasteiger partial charge in [0.15, 0.2) is 0 Å². The molecular formula is C22H25N7O3. The third kappa shape index (κ3) is 4.82. The zero-order chi connectivity index (χ0) is 22.3. The zero-order valence-electron chi connectivity index (χ0n) is 17.6. The molecule has 1 saturated heterocycles. The minimum absolute atomic E-state index is 0.0936. The topological polar surface area (TPSA) is 112 Å². The number of aromatic nitrogens is 3. The molecule has 1 aliphatic rings. The van der Waals surface area contributed by atoms with Crippen LogP contribution in [0.25, 0.3) is 0 Å². The lowest BCUT2D eigenvalue weighted by Gasteiger charge is -2.35. The lowest BCUT2D eigenvalue weighted by atomic mass is 10.2. The monoisotopic (exact) mass is 435 g/mol. The quantitative estimate of drug-likeness (QED) is 0.420. The summed E-state index contributed by atoms with van der Waals surface area (Å²) in [6, 6.07) is 15.2. The van der Waals surface area contributed by atoms with Crippen molar-refractivity contribution in [2.24, 2.45) is 0 Å². The van der Waals surface area contributed by atoms with Crippen molar-refractivity contribution < 1.29 is 10.0 Å². The molecule has 0 atom stereocenters. The van der Waals surface area contributed by atoms with Crippen LogP contribution >= 0.6 is 0 Å². The van der Waals surface area contributed by atoms with Gasteiger partial charge in [-0.3, -0.25) is 15.0 Å². The van der Waals surface area contributed by atoms with Crippen molar-refractivity contribution in [2.45, 2.75) is 6.54 Å². The Morgan fingerprint density at radius 2 is 1.75 bits per heavy atom. The molecule has 32 heavy (non-hydrogen) atoms. The van der Waals surface area contributed by atoms with Crippen molar-refractivity contribution in [1.29, 1.82) is 0 Å². The van der Waals surface area contributed by atoms with Crippen LogP contribution in [0.1, 0.15) is 5.56 Å². The Hall–Kier alpha value is -3.63. The first-order valence-electron chi connectivity index (χ1n) is 10.5. The molecule has 4 rings (SSSR count). The van der Waals surface area contributed by atoms with E-state index >= 15 is 0 Å². The molecule has 1 aliphatic heterocycles. The van der Waals surface area contributed by atoms with Crippen molar-refractivity contribution in [3.8, 4) is 0 Å². The van der Waals surface area contributed by atoms with Crippen LogP contribution in [0.5, 0.6) is 0 Å². The molecule has 1 aromatic carbocycles. The number of benzene rings is 1. The van der Waals surface area contributed by atoms with E-state index < -0.39 is 4.92 Å². The molecular weight excluding hydrogens is 410 g/mol. The minimum atomic E-state index is -0.411. The second-order valence-electron chi connectivity index (χ2n) is 7.44. The van der Waals surface area contributed by atoms with Crippen LogP contribution in [0.2, 0.25) is 0 Å². The number of rotatable bonds is 8. The molecule has 0 radical (unpaired) electrons. The third-order valence-electron chi connectivity index (χ3n) is 5.42. The minimum Gasteiger partial charge on any atom is -0.395 e. The van der Waals surface area contributed by atoms with Gasteiger partial charge in [-0.05, 0) is 17.7 Å². The number of anilines is 3. The fourth-order valence-electron chi connectivity index (χ4n) is 3.82. The maximum Gasteiger partial charge on any atom is 0.354 e. The molecule has 2 aromatic heterocycles. The van der Waals surface area contributed by atoms with E-state index in [1.54, 1.807) is 17.2 Å². The number of aliphatic hydroxyl groups is 1. The van der Waals surface area contributed by atoms with Crippen LogP contribution < -0.4 is 9.80 Å². The molecule has 0 unspecified atom stereocenters. The molecule has 0 saturated carbocycles. The van der Waals surface area contributed by atoms with E-state index in [9.17, 15) is 10.1 Å². The van der Waals surface area contributed by atoms with Crippen molar-refractivity contribution >= 4 is 23.1 Å². The van der Waals surface area contributed by atoms with Crippen LogP contribution in [0.3, 0.4) is 0 Å². The number of hydrogen-bond donors (Lipinski definition) is 1. The van der Waals surface area contributed by atoms with Crippen molar-refractivity contribution in [3.63, 3.8) is 0 Å². The summed E-state index contributed by atoms with van der Waals surface area (Å²) in [5, 5.41) is 21.4. The van der Waals surface area contributed by atoms with E-state index in [1.165, 1.54) is 6.33 Å². The van der Waals surface area contributed by atoms with Gasteiger partial charge in [-0.25, -0.2) is 15.0 Å². The van der Waals surface area contributed by atoms with Crippen LogP contribution in [-0.4, -0.2) is 69.2 Å². The Bertz CT molecular complexity index is 1030.